The second-order valence-corrected chi connectivity index (χ2v) is 3.50. The molecule has 0 fully saturated rings. The van der Waals surface area contributed by atoms with Gasteiger partial charge in [0.15, 0.2) is 5.78 Å². The van der Waals surface area contributed by atoms with Gasteiger partial charge in [-0.2, -0.15) is 0 Å². The standard InChI is InChI=1S/C12H9NO/c14-11-8-13-7-2-1-4-9-5-3-6-10(11)12(9)13/h1-7H,8H2. The van der Waals surface area contributed by atoms with E-state index < -0.39 is 0 Å². The van der Waals surface area contributed by atoms with Crippen LogP contribution in [-0.4, -0.2) is 12.3 Å². The molecule has 14 heavy (non-hydrogen) atoms. The molecule has 0 N–H and O–H groups in total. The summed E-state index contributed by atoms with van der Waals surface area (Å²) in [6, 6.07) is 5.87. The maximum absolute atomic E-state index is 11.6. The lowest BCUT2D eigenvalue weighted by Crippen LogP contribution is -2.14. The third kappa shape index (κ3) is 0.880. The highest BCUT2D eigenvalue weighted by Crippen LogP contribution is 2.33. The lowest BCUT2D eigenvalue weighted by molar-refractivity contribution is 0.101. The van der Waals surface area contributed by atoms with Crippen LogP contribution in [0.5, 0.6) is 0 Å². The van der Waals surface area contributed by atoms with Crippen LogP contribution in [0.15, 0.2) is 36.6 Å². The van der Waals surface area contributed by atoms with E-state index >= 15 is 0 Å². The van der Waals surface area contributed by atoms with Crippen LogP contribution in [-0.2, 0) is 0 Å². The van der Waals surface area contributed by atoms with Gasteiger partial charge in [0, 0.05) is 11.8 Å². The number of ketones is 1. The van der Waals surface area contributed by atoms with Gasteiger partial charge in [-0.05, 0) is 17.7 Å². The molecule has 0 aliphatic carbocycles. The molecule has 0 radical (unpaired) electrons. The number of para-hydroxylation sites is 1. The zero-order valence-electron chi connectivity index (χ0n) is 7.60. The minimum absolute atomic E-state index is 0.210. The van der Waals surface area contributed by atoms with Gasteiger partial charge in [0.2, 0.25) is 0 Å². The maximum atomic E-state index is 11.6. The van der Waals surface area contributed by atoms with E-state index in [-0.39, 0.29) is 5.78 Å². The molecular weight excluding hydrogens is 174 g/mol. The van der Waals surface area contributed by atoms with Crippen molar-refractivity contribution in [2.45, 2.75) is 0 Å². The molecule has 68 valence electrons. The van der Waals surface area contributed by atoms with Crippen LogP contribution in [0, 0.1) is 0 Å². The van der Waals surface area contributed by atoms with Gasteiger partial charge in [-0.15, -0.1) is 0 Å². The topological polar surface area (TPSA) is 20.3 Å². The van der Waals surface area contributed by atoms with Gasteiger partial charge in [-0.3, -0.25) is 4.79 Å². The van der Waals surface area contributed by atoms with Crippen molar-refractivity contribution in [3.63, 3.8) is 0 Å². The maximum Gasteiger partial charge on any atom is 0.184 e. The summed E-state index contributed by atoms with van der Waals surface area (Å²) in [4.78, 5) is 13.6. The summed E-state index contributed by atoms with van der Waals surface area (Å²) in [5.41, 5.74) is 3.03. The van der Waals surface area contributed by atoms with Crippen molar-refractivity contribution in [1.29, 1.82) is 0 Å². The Labute approximate surface area is 82.2 Å². The van der Waals surface area contributed by atoms with E-state index in [2.05, 4.69) is 0 Å². The zero-order valence-corrected chi connectivity index (χ0v) is 7.60. The lowest BCUT2D eigenvalue weighted by Gasteiger charge is -2.13. The number of Topliss-reactive ketones (excluding diaryl/α,β-unsaturated/α-hetero) is 1. The number of nitrogens with zero attached hydrogens (tertiary/aromatic N) is 1. The molecular formula is C12H9NO. The summed E-state index contributed by atoms with van der Waals surface area (Å²) in [7, 11) is 0. The third-order valence-electron chi connectivity index (χ3n) is 2.62. The first-order chi connectivity index (χ1) is 6.86. The van der Waals surface area contributed by atoms with E-state index in [0.717, 1.165) is 16.8 Å². The largest absolute Gasteiger partial charge is 0.339 e. The van der Waals surface area contributed by atoms with Crippen molar-refractivity contribution in [3.8, 4) is 0 Å². The SMILES string of the molecule is O=C1CN2C=CC=Cc3cccc1c32. The molecule has 2 heteroatoms. The second kappa shape index (κ2) is 2.58. The minimum Gasteiger partial charge on any atom is -0.339 e. The van der Waals surface area contributed by atoms with Gasteiger partial charge in [0.1, 0.15) is 0 Å². The van der Waals surface area contributed by atoms with E-state index in [0.29, 0.717) is 6.54 Å². The summed E-state index contributed by atoms with van der Waals surface area (Å²) in [5.74, 6) is 0.210. The highest BCUT2D eigenvalue weighted by atomic mass is 16.1. The summed E-state index contributed by atoms with van der Waals surface area (Å²) in [6.07, 6.45) is 7.95. The average molecular weight is 183 g/mol. The van der Waals surface area contributed by atoms with Gasteiger partial charge in [0.05, 0.1) is 12.2 Å². The molecule has 2 aliphatic heterocycles. The number of benzene rings is 1. The Morgan fingerprint density at radius 2 is 2.14 bits per heavy atom. The Balaban J connectivity index is 2.34. The number of rotatable bonds is 0. The molecule has 2 nitrogen and oxygen atoms in total. The van der Waals surface area contributed by atoms with Crippen LogP contribution in [0.4, 0.5) is 5.69 Å². The lowest BCUT2D eigenvalue weighted by atomic mass is 10.1. The molecule has 0 unspecified atom stereocenters. The monoisotopic (exact) mass is 183 g/mol. The van der Waals surface area contributed by atoms with E-state index in [4.69, 9.17) is 0 Å². The number of hydrogen-bond donors (Lipinski definition) is 0. The number of anilines is 1. The van der Waals surface area contributed by atoms with Gasteiger partial charge < -0.3 is 4.90 Å². The highest BCUT2D eigenvalue weighted by molar-refractivity contribution is 6.10. The van der Waals surface area contributed by atoms with Crippen molar-refractivity contribution in [2.75, 3.05) is 11.4 Å². The van der Waals surface area contributed by atoms with Gasteiger partial charge >= 0.3 is 0 Å². The molecule has 1 aromatic rings. The van der Waals surface area contributed by atoms with E-state index in [9.17, 15) is 4.79 Å². The summed E-state index contributed by atoms with van der Waals surface area (Å²) in [5, 5.41) is 0. The normalized spacial score (nSPS) is 17.1. The van der Waals surface area contributed by atoms with E-state index in [1.54, 1.807) is 0 Å². The summed E-state index contributed by atoms with van der Waals surface area (Å²) in [6.45, 7) is 0.477. The van der Waals surface area contributed by atoms with Crippen LogP contribution in [0.2, 0.25) is 0 Å². The Morgan fingerprint density at radius 3 is 3.07 bits per heavy atom. The first-order valence-corrected chi connectivity index (χ1v) is 4.64. The molecule has 0 saturated carbocycles. The number of allylic oxidation sites excluding steroid dienone is 2. The first-order valence-electron chi connectivity index (χ1n) is 4.64. The molecule has 3 rings (SSSR count). The quantitative estimate of drug-likeness (QED) is 0.614. The number of carbonyl (C=O) groups is 1. The van der Waals surface area contributed by atoms with Crippen LogP contribution in [0.1, 0.15) is 15.9 Å². The molecule has 0 amide bonds. The van der Waals surface area contributed by atoms with E-state index in [1.807, 2.05) is 47.5 Å². The fraction of sp³-hybridized carbons (Fsp3) is 0.0833. The van der Waals surface area contributed by atoms with Crippen molar-refractivity contribution in [3.05, 3.63) is 47.7 Å². The molecule has 1 aromatic carbocycles. The van der Waals surface area contributed by atoms with Crippen molar-refractivity contribution >= 4 is 17.5 Å². The van der Waals surface area contributed by atoms with Gasteiger partial charge in [0.25, 0.3) is 0 Å². The Bertz CT molecular complexity index is 471. The fourth-order valence-electron chi connectivity index (χ4n) is 2.00. The summed E-state index contributed by atoms with van der Waals surface area (Å²) < 4.78 is 0. The average Bonchev–Trinajstić information content (AvgIpc) is 2.41. The Kier molecular flexibility index (Phi) is 1.39. The third-order valence-corrected chi connectivity index (χ3v) is 2.62. The molecule has 0 aromatic heterocycles. The Hall–Kier alpha value is -1.83. The first kappa shape index (κ1) is 7.56. The highest BCUT2D eigenvalue weighted by Gasteiger charge is 2.27. The molecule has 0 spiro atoms. The number of carbonyl (C=O) groups excluding carboxylic acids is 1. The molecule has 0 bridgehead atoms. The predicted molar refractivity (Wildman–Crippen MR) is 56.3 cm³/mol. The minimum atomic E-state index is 0.210. The van der Waals surface area contributed by atoms with Gasteiger partial charge in [-0.25, -0.2) is 0 Å². The van der Waals surface area contributed by atoms with Crippen molar-refractivity contribution in [2.24, 2.45) is 0 Å². The van der Waals surface area contributed by atoms with E-state index in [1.165, 1.54) is 0 Å². The predicted octanol–water partition coefficient (Wildman–Crippen LogP) is 2.23. The molecule has 2 aliphatic rings. The fourth-order valence-corrected chi connectivity index (χ4v) is 2.00. The van der Waals surface area contributed by atoms with Crippen LogP contribution < -0.4 is 4.90 Å². The smallest absolute Gasteiger partial charge is 0.184 e. The second-order valence-electron chi connectivity index (χ2n) is 3.50. The van der Waals surface area contributed by atoms with Crippen molar-refractivity contribution in [1.82, 2.24) is 0 Å². The molecule has 0 saturated heterocycles. The number of hydrogen-bond acceptors (Lipinski definition) is 2. The van der Waals surface area contributed by atoms with Crippen LogP contribution >= 0.6 is 0 Å². The van der Waals surface area contributed by atoms with Gasteiger partial charge in [-0.1, -0.05) is 24.3 Å². The Morgan fingerprint density at radius 1 is 1.21 bits per heavy atom. The molecule has 2 heterocycles. The summed E-state index contributed by atoms with van der Waals surface area (Å²) >= 11 is 0. The van der Waals surface area contributed by atoms with Crippen LogP contribution in [0.25, 0.3) is 6.08 Å². The van der Waals surface area contributed by atoms with Crippen LogP contribution in [0.3, 0.4) is 0 Å². The van der Waals surface area contributed by atoms with Crippen molar-refractivity contribution < 1.29 is 4.79 Å². The molecule has 0 atom stereocenters. The zero-order chi connectivity index (χ0) is 9.54.